The summed E-state index contributed by atoms with van der Waals surface area (Å²) in [5.74, 6) is -1.13. The molecule has 5 nitrogen and oxygen atoms in total. The fraction of sp³-hybridized carbons (Fsp3) is 0.375. The summed E-state index contributed by atoms with van der Waals surface area (Å²) in [6, 6.07) is 5.81. The van der Waals surface area contributed by atoms with E-state index in [0.29, 0.717) is 12.3 Å². The number of carbonyl (C=O) groups excluding carboxylic acids is 2. The maximum absolute atomic E-state index is 11.9. The lowest BCUT2D eigenvalue weighted by atomic mass is 9.92. The number of benzene rings is 1. The lowest BCUT2D eigenvalue weighted by Gasteiger charge is -2.16. The summed E-state index contributed by atoms with van der Waals surface area (Å²) in [5.41, 5.74) is 2.88. The first-order chi connectivity index (χ1) is 10.6. The van der Waals surface area contributed by atoms with Crippen molar-refractivity contribution >= 4 is 34.4 Å². The summed E-state index contributed by atoms with van der Waals surface area (Å²) in [6.07, 6.45) is 2.21. The molecule has 1 N–H and O–H groups in total. The molecule has 0 aliphatic carbocycles. The Balaban J connectivity index is 2.32. The molecule has 2 rings (SSSR count). The Morgan fingerprint density at radius 1 is 1.23 bits per heavy atom. The number of rotatable bonds is 6. The third-order valence-electron chi connectivity index (χ3n) is 3.72. The van der Waals surface area contributed by atoms with Crippen molar-refractivity contribution in [3.63, 3.8) is 0 Å². The van der Waals surface area contributed by atoms with Crippen molar-refractivity contribution < 1.29 is 19.1 Å². The van der Waals surface area contributed by atoms with Crippen LogP contribution in [0.15, 0.2) is 24.4 Å². The Kier molecular flexibility index (Phi) is 5.44. The second kappa shape index (κ2) is 7.31. The lowest BCUT2D eigenvalue weighted by molar-refractivity contribution is -0.151. The van der Waals surface area contributed by atoms with Crippen molar-refractivity contribution in [1.82, 2.24) is 4.98 Å². The molecule has 1 unspecified atom stereocenters. The zero-order valence-electron chi connectivity index (χ0n) is 12.5. The summed E-state index contributed by atoms with van der Waals surface area (Å²) in [4.78, 5) is 26.5. The molecular weight excluding hydrogens is 306 g/mol. The van der Waals surface area contributed by atoms with Crippen LogP contribution in [0.1, 0.15) is 17.5 Å². The maximum Gasteiger partial charge on any atom is 0.309 e. The van der Waals surface area contributed by atoms with Crippen LogP contribution in [0.2, 0.25) is 0 Å². The van der Waals surface area contributed by atoms with Crippen LogP contribution in [-0.4, -0.2) is 31.1 Å². The Morgan fingerprint density at radius 2 is 2.00 bits per heavy atom. The number of H-pyrrole nitrogens is 1. The normalized spacial score (nSPS) is 12.1. The molecule has 1 aromatic heterocycles. The van der Waals surface area contributed by atoms with Crippen LogP contribution < -0.4 is 0 Å². The minimum absolute atomic E-state index is 0.0178. The van der Waals surface area contributed by atoms with Crippen LogP contribution >= 0.6 is 11.6 Å². The first-order valence-electron chi connectivity index (χ1n) is 6.89. The predicted octanol–water partition coefficient (Wildman–Crippen LogP) is 2.80. The summed E-state index contributed by atoms with van der Waals surface area (Å²) in [7, 11) is 2.61. The van der Waals surface area contributed by atoms with Gasteiger partial charge in [-0.2, -0.15) is 0 Å². The number of ether oxygens (including phenoxy) is 2. The molecule has 6 heteroatoms. The van der Waals surface area contributed by atoms with Crippen molar-refractivity contribution in [2.45, 2.75) is 18.7 Å². The fourth-order valence-corrected chi connectivity index (χ4v) is 2.86. The molecule has 1 heterocycles. The summed E-state index contributed by atoms with van der Waals surface area (Å²) >= 11 is 6.08. The standard InChI is InChI=1S/C16H18ClNO4/c1-21-15(19)8-11(16(20)22-2)7-10-3-4-14-12(5-6-18-14)13(10)9-17/h3-6,11,18H,7-9H2,1-2H3. The van der Waals surface area contributed by atoms with Crippen LogP contribution in [0.25, 0.3) is 10.9 Å². The number of hydrogen-bond donors (Lipinski definition) is 1. The van der Waals surface area contributed by atoms with E-state index in [-0.39, 0.29) is 6.42 Å². The van der Waals surface area contributed by atoms with Crippen LogP contribution in [0.4, 0.5) is 0 Å². The summed E-state index contributed by atoms with van der Waals surface area (Å²) in [6.45, 7) is 0. The monoisotopic (exact) mass is 323 g/mol. The zero-order valence-corrected chi connectivity index (χ0v) is 13.3. The van der Waals surface area contributed by atoms with Gasteiger partial charge in [-0.25, -0.2) is 0 Å². The van der Waals surface area contributed by atoms with Crippen LogP contribution in [0.3, 0.4) is 0 Å². The van der Waals surface area contributed by atoms with Gasteiger partial charge in [-0.1, -0.05) is 6.07 Å². The fourth-order valence-electron chi connectivity index (χ4n) is 2.55. The Bertz CT molecular complexity index is 680. The topological polar surface area (TPSA) is 68.4 Å². The van der Waals surface area contributed by atoms with Gasteiger partial charge in [-0.15, -0.1) is 11.6 Å². The van der Waals surface area contributed by atoms with E-state index >= 15 is 0 Å². The number of esters is 2. The number of aromatic amines is 1. The van der Waals surface area contributed by atoms with Crippen molar-refractivity contribution in [2.24, 2.45) is 5.92 Å². The molecule has 0 saturated carbocycles. The largest absolute Gasteiger partial charge is 0.469 e. The zero-order chi connectivity index (χ0) is 16.1. The lowest BCUT2D eigenvalue weighted by Crippen LogP contribution is -2.23. The maximum atomic E-state index is 11.9. The van der Waals surface area contributed by atoms with E-state index in [9.17, 15) is 9.59 Å². The van der Waals surface area contributed by atoms with E-state index < -0.39 is 17.9 Å². The number of methoxy groups -OCH3 is 2. The second-order valence-electron chi connectivity index (χ2n) is 4.98. The van der Waals surface area contributed by atoms with E-state index in [2.05, 4.69) is 9.72 Å². The third-order valence-corrected chi connectivity index (χ3v) is 3.99. The molecule has 1 atom stereocenters. The number of alkyl halides is 1. The first-order valence-corrected chi connectivity index (χ1v) is 7.42. The van der Waals surface area contributed by atoms with E-state index in [0.717, 1.165) is 22.0 Å². The Morgan fingerprint density at radius 3 is 2.64 bits per heavy atom. The number of aromatic nitrogens is 1. The van der Waals surface area contributed by atoms with E-state index in [1.165, 1.54) is 14.2 Å². The van der Waals surface area contributed by atoms with E-state index in [1.807, 2.05) is 24.4 Å². The van der Waals surface area contributed by atoms with Crippen LogP contribution in [0, 0.1) is 5.92 Å². The molecule has 22 heavy (non-hydrogen) atoms. The van der Waals surface area contributed by atoms with Crippen LogP contribution in [-0.2, 0) is 31.4 Å². The molecular formula is C16H18ClNO4. The second-order valence-corrected chi connectivity index (χ2v) is 5.25. The molecule has 0 bridgehead atoms. The number of nitrogens with one attached hydrogen (secondary N) is 1. The van der Waals surface area contributed by atoms with Crippen molar-refractivity contribution in [3.05, 3.63) is 35.5 Å². The molecule has 1 aromatic carbocycles. The number of hydrogen-bond acceptors (Lipinski definition) is 4. The quantitative estimate of drug-likeness (QED) is 0.655. The van der Waals surface area contributed by atoms with E-state index in [1.54, 1.807) is 0 Å². The number of fused-ring (bicyclic) bond motifs is 1. The molecule has 0 spiro atoms. The van der Waals surface area contributed by atoms with Gasteiger partial charge in [0.25, 0.3) is 0 Å². The van der Waals surface area contributed by atoms with Gasteiger partial charge in [-0.3, -0.25) is 9.59 Å². The third kappa shape index (κ3) is 3.42. The first kappa shape index (κ1) is 16.4. The molecule has 0 radical (unpaired) electrons. The minimum Gasteiger partial charge on any atom is -0.469 e. The SMILES string of the molecule is COC(=O)CC(Cc1ccc2[nH]ccc2c1CCl)C(=O)OC. The van der Waals surface area contributed by atoms with E-state index in [4.69, 9.17) is 16.3 Å². The van der Waals surface area contributed by atoms with Gasteiger partial charge in [0, 0.05) is 23.0 Å². The highest BCUT2D eigenvalue weighted by Gasteiger charge is 2.25. The highest BCUT2D eigenvalue weighted by Crippen LogP contribution is 2.26. The molecule has 0 amide bonds. The molecule has 0 aliphatic rings. The van der Waals surface area contributed by atoms with Crippen molar-refractivity contribution in [1.29, 1.82) is 0 Å². The van der Waals surface area contributed by atoms with Crippen LogP contribution in [0.5, 0.6) is 0 Å². The van der Waals surface area contributed by atoms with Gasteiger partial charge < -0.3 is 14.5 Å². The number of halogens is 1. The highest BCUT2D eigenvalue weighted by molar-refractivity contribution is 6.18. The minimum atomic E-state index is -0.587. The molecule has 2 aromatic rings. The molecule has 0 aliphatic heterocycles. The van der Waals surface area contributed by atoms with Gasteiger partial charge in [-0.05, 0) is 29.7 Å². The average Bonchev–Trinajstić information content (AvgIpc) is 3.01. The average molecular weight is 324 g/mol. The number of carbonyl (C=O) groups is 2. The smallest absolute Gasteiger partial charge is 0.309 e. The molecule has 118 valence electrons. The van der Waals surface area contributed by atoms with Gasteiger partial charge in [0.1, 0.15) is 0 Å². The molecule has 0 saturated heterocycles. The highest BCUT2D eigenvalue weighted by atomic mass is 35.5. The predicted molar refractivity (Wildman–Crippen MR) is 83.7 cm³/mol. The van der Waals surface area contributed by atoms with Crippen molar-refractivity contribution in [2.75, 3.05) is 14.2 Å². The summed E-state index contributed by atoms with van der Waals surface area (Å²) in [5, 5.41) is 1.02. The van der Waals surface area contributed by atoms with Gasteiger partial charge in [0.2, 0.25) is 0 Å². The van der Waals surface area contributed by atoms with Gasteiger partial charge in [0.05, 0.1) is 26.6 Å². The molecule has 0 fully saturated rings. The Hall–Kier alpha value is -2.01. The van der Waals surface area contributed by atoms with Gasteiger partial charge >= 0.3 is 11.9 Å². The Labute approximate surface area is 133 Å². The van der Waals surface area contributed by atoms with Crippen molar-refractivity contribution in [3.8, 4) is 0 Å². The van der Waals surface area contributed by atoms with Gasteiger partial charge in [0.15, 0.2) is 0 Å². The summed E-state index contributed by atoms with van der Waals surface area (Å²) < 4.78 is 9.44.